The first-order chi connectivity index (χ1) is 13.5. The van der Waals surface area contributed by atoms with Crippen molar-refractivity contribution < 1.29 is 27.1 Å². The minimum Gasteiger partial charge on any atom is -0.359 e. The minimum absolute atomic E-state index is 0.0168. The molecule has 1 aliphatic heterocycles. The first-order valence-electron chi connectivity index (χ1n) is 8.64. The van der Waals surface area contributed by atoms with E-state index in [1.807, 2.05) is 0 Å². The van der Waals surface area contributed by atoms with Crippen LogP contribution < -0.4 is 5.32 Å². The summed E-state index contributed by atoms with van der Waals surface area (Å²) in [5, 5.41) is 2.87. The molecule has 29 heavy (non-hydrogen) atoms. The Kier molecular flexibility index (Phi) is 5.95. The Morgan fingerprint density at radius 1 is 1.34 bits per heavy atom. The van der Waals surface area contributed by atoms with Crippen LogP contribution in [0, 0.1) is 5.82 Å². The summed E-state index contributed by atoms with van der Waals surface area (Å²) < 4.78 is 54.6. The van der Waals surface area contributed by atoms with Gasteiger partial charge in [-0.25, -0.2) is 14.4 Å². The van der Waals surface area contributed by atoms with E-state index in [1.165, 1.54) is 36.4 Å². The Bertz CT molecular complexity index is 912. The van der Waals surface area contributed by atoms with Crippen molar-refractivity contribution >= 4 is 23.3 Å². The number of nitrogens with zero attached hydrogens (tertiary/aromatic N) is 3. The number of anilines is 1. The largest absolute Gasteiger partial charge is 0.522 e. The van der Waals surface area contributed by atoms with Crippen LogP contribution in [0.15, 0.2) is 30.6 Å². The number of hydrogen-bond acceptors (Lipinski definition) is 5. The molecule has 0 aliphatic carbocycles. The lowest BCUT2D eigenvalue weighted by atomic mass is 10.00. The molecule has 0 bridgehead atoms. The van der Waals surface area contributed by atoms with Crippen molar-refractivity contribution in [2.24, 2.45) is 0 Å². The summed E-state index contributed by atoms with van der Waals surface area (Å²) in [6.45, 7) is 2.91. The van der Waals surface area contributed by atoms with Crippen LogP contribution in [-0.2, 0) is 9.53 Å². The van der Waals surface area contributed by atoms with E-state index in [9.17, 15) is 22.4 Å². The zero-order valence-electron chi connectivity index (χ0n) is 15.4. The van der Waals surface area contributed by atoms with Gasteiger partial charge in [0.05, 0.1) is 16.8 Å². The van der Waals surface area contributed by atoms with Gasteiger partial charge in [0.2, 0.25) is 5.91 Å². The van der Waals surface area contributed by atoms with Gasteiger partial charge < -0.3 is 10.2 Å². The van der Waals surface area contributed by atoms with Crippen molar-refractivity contribution in [2.45, 2.75) is 38.4 Å². The second-order valence-electron chi connectivity index (χ2n) is 6.62. The number of ether oxygens (including phenoxy) is 1. The number of nitrogens with one attached hydrogen (secondary N) is 1. The SMILES string of the molecule is C[C@@H](Nc1cc(-c2ccc(Cl)c(F)c2)ncn1)C(=O)N1C[C@H](OC(F)(F)F)[C@@H]1C. The number of rotatable bonds is 5. The van der Waals surface area contributed by atoms with Crippen LogP contribution in [0.5, 0.6) is 0 Å². The van der Waals surface area contributed by atoms with Gasteiger partial charge in [-0.05, 0) is 26.0 Å². The number of carbonyl (C=O) groups excluding carboxylic acids is 1. The summed E-state index contributed by atoms with van der Waals surface area (Å²) >= 11 is 5.68. The Hall–Kier alpha value is -2.46. The molecule has 0 spiro atoms. The molecule has 1 amide bonds. The summed E-state index contributed by atoms with van der Waals surface area (Å²) in [7, 11) is 0. The third-order valence-electron chi connectivity index (χ3n) is 4.59. The van der Waals surface area contributed by atoms with Crippen LogP contribution in [0.25, 0.3) is 11.3 Å². The van der Waals surface area contributed by atoms with Gasteiger partial charge in [0.25, 0.3) is 0 Å². The van der Waals surface area contributed by atoms with Crippen molar-refractivity contribution in [1.82, 2.24) is 14.9 Å². The van der Waals surface area contributed by atoms with Crippen molar-refractivity contribution in [3.8, 4) is 11.3 Å². The summed E-state index contributed by atoms with van der Waals surface area (Å²) in [5.74, 6) is -0.678. The molecule has 2 heterocycles. The predicted octanol–water partition coefficient (Wildman–Crippen LogP) is 3.87. The van der Waals surface area contributed by atoms with Crippen LogP contribution >= 0.6 is 11.6 Å². The zero-order valence-corrected chi connectivity index (χ0v) is 16.1. The highest BCUT2D eigenvalue weighted by atomic mass is 35.5. The molecule has 1 saturated heterocycles. The molecule has 2 aromatic rings. The Morgan fingerprint density at radius 3 is 2.69 bits per heavy atom. The van der Waals surface area contributed by atoms with Gasteiger partial charge in [-0.3, -0.25) is 9.53 Å². The molecule has 1 N–H and O–H groups in total. The Labute approximate surface area is 168 Å². The van der Waals surface area contributed by atoms with Crippen LogP contribution in [-0.4, -0.2) is 51.9 Å². The molecule has 0 saturated carbocycles. The van der Waals surface area contributed by atoms with E-state index >= 15 is 0 Å². The second-order valence-corrected chi connectivity index (χ2v) is 7.02. The molecule has 6 nitrogen and oxygen atoms in total. The van der Waals surface area contributed by atoms with Crippen molar-refractivity contribution in [3.63, 3.8) is 0 Å². The quantitative estimate of drug-likeness (QED) is 0.726. The van der Waals surface area contributed by atoms with Crippen LogP contribution in [0.1, 0.15) is 13.8 Å². The number of aromatic nitrogens is 2. The lowest BCUT2D eigenvalue weighted by molar-refractivity contribution is -0.359. The fourth-order valence-corrected chi connectivity index (χ4v) is 3.07. The number of halogens is 5. The molecule has 156 valence electrons. The van der Waals surface area contributed by atoms with E-state index in [1.54, 1.807) is 13.0 Å². The fraction of sp³-hybridized carbons (Fsp3) is 0.389. The first kappa shape index (κ1) is 21.3. The van der Waals surface area contributed by atoms with Crippen LogP contribution in [0.2, 0.25) is 5.02 Å². The standard InChI is InChI=1S/C18H17ClF4N4O2/c1-9(17(28)27-7-15(10(27)2)29-18(21,22)23)26-16-6-14(24-8-25-16)11-3-4-12(19)13(20)5-11/h3-6,8-10,15H,7H2,1-2H3,(H,24,25,26)/t9-,10+,15+/m1/s1. The van der Waals surface area contributed by atoms with Crippen LogP contribution in [0.4, 0.5) is 23.4 Å². The minimum atomic E-state index is -4.74. The lowest BCUT2D eigenvalue weighted by Crippen LogP contribution is -2.64. The topological polar surface area (TPSA) is 67.4 Å². The maximum absolute atomic E-state index is 13.7. The van der Waals surface area contributed by atoms with E-state index in [0.29, 0.717) is 17.1 Å². The number of amides is 1. The molecule has 1 aromatic carbocycles. The highest BCUT2D eigenvalue weighted by Crippen LogP contribution is 2.29. The fourth-order valence-electron chi connectivity index (χ4n) is 2.96. The van der Waals surface area contributed by atoms with E-state index < -0.39 is 36.3 Å². The maximum Gasteiger partial charge on any atom is 0.522 e. The molecule has 0 unspecified atom stereocenters. The third kappa shape index (κ3) is 4.94. The number of hydrogen-bond donors (Lipinski definition) is 1. The summed E-state index contributed by atoms with van der Waals surface area (Å²) in [4.78, 5) is 21.9. The third-order valence-corrected chi connectivity index (χ3v) is 4.90. The molecule has 0 radical (unpaired) electrons. The van der Waals surface area contributed by atoms with Gasteiger partial charge in [0.15, 0.2) is 0 Å². The number of alkyl halides is 3. The molecular formula is C18H17ClF4N4O2. The Morgan fingerprint density at radius 2 is 2.07 bits per heavy atom. The molecule has 1 aliphatic rings. The van der Waals surface area contributed by atoms with Gasteiger partial charge in [-0.2, -0.15) is 0 Å². The molecule has 3 atom stereocenters. The Balaban J connectivity index is 1.64. The van der Waals surface area contributed by atoms with Crippen molar-refractivity contribution in [1.29, 1.82) is 0 Å². The molecule has 11 heteroatoms. The highest BCUT2D eigenvalue weighted by Gasteiger charge is 2.46. The lowest BCUT2D eigenvalue weighted by Gasteiger charge is -2.46. The van der Waals surface area contributed by atoms with Crippen LogP contribution in [0.3, 0.4) is 0 Å². The smallest absolute Gasteiger partial charge is 0.359 e. The van der Waals surface area contributed by atoms with E-state index in [2.05, 4.69) is 20.0 Å². The summed E-state index contributed by atoms with van der Waals surface area (Å²) in [6, 6.07) is 4.29. The molecule has 1 aromatic heterocycles. The molecular weight excluding hydrogens is 416 g/mol. The van der Waals surface area contributed by atoms with Gasteiger partial charge >= 0.3 is 6.36 Å². The predicted molar refractivity (Wildman–Crippen MR) is 97.6 cm³/mol. The van der Waals surface area contributed by atoms with Gasteiger partial charge in [-0.15, -0.1) is 13.2 Å². The van der Waals surface area contributed by atoms with Gasteiger partial charge in [0, 0.05) is 18.2 Å². The average molecular weight is 433 g/mol. The van der Waals surface area contributed by atoms with E-state index in [4.69, 9.17) is 11.6 Å². The van der Waals surface area contributed by atoms with E-state index in [0.717, 1.165) is 0 Å². The van der Waals surface area contributed by atoms with Gasteiger partial charge in [0.1, 0.15) is 30.1 Å². The van der Waals surface area contributed by atoms with Crippen molar-refractivity contribution in [2.75, 3.05) is 11.9 Å². The summed E-state index contributed by atoms with van der Waals surface area (Å²) in [5.41, 5.74) is 0.883. The van der Waals surface area contributed by atoms with Gasteiger partial charge in [-0.1, -0.05) is 17.7 Å². The summed E-state index contributed by atoms with van der Waals surface area (Å²) in [6.07, 6.45) is -4.58. The zero-order chi connectivity index (χ0) is 21.3. The highest BCUT2D eigenvalue weighted by molar-refractivity contribution is 6.30. The number of benzene rings is 1. The van der Waals surface area contributed by atoms with Crippen molar-refractivity contribution in [3.05, 3.63) is 41.4 Å². The number of carbonyl (C=O) groups is 1. The second kappa shape index (κ2) is 8.11. The number of likely N-dealkylation sites (tertiary alicyclic amines) is 1. The maximum atomic E-state index is 13.7. The van der Waals surface area contributed by atoms with E-state index in [-0.39, 0.29) is 11.6 Å². The molecule has 3 rings (SSSR count). The average Bonchev–Trinajstić information content (AvgIpc) is 2.65. The first-order valence-corrected chi connectivity index (χ1v) is 9.02. The monoisotopic (exact) mass is 432 g/mol. The normalized spacial score (nSPS) is 20.2. The molecule has 1 fully saturated rings.